The zero-order valence-corrected chi connectivity index (χ0v) is 16.0. The number of fused-ring (bicyclic) bond motifs is 4. The predicted molar refractivity (Wildman–Crippen MR) is 103 cm³/mol. The number of piperidine rings is 1. The molecule has 1 aromatic heterocycles. The van der Waals surface area contributed by atoms with Crippen LogP contribution in [0.5, 0.6) is 5.75 Å². The van der Waals surface area contributed by atoms with E-state index in [-0.39, 0.29) is 5.91 Å². The highest BCUT2D eigenvalue weighted by atomic mass is 32.1. The van der Waals surface area contributed by atoms with Crippen LogP contribution < -0.4 is 4.74 Å². The fourth-order valence-corrected chi connectivity index (χ4v) is 4.68. The van der Waals surface area contributed by atoms with Gasteiger partial charge in [0, 0.05) is 43.2 Å². The fraction of sp³-hybridized carbons (Fsp3) is 0.500. The van der Waals surface area contributed by atoms with Crippen molar-refractivity contribution in [1.29, 1.82) is 0 Å². The van der Waals surface area contributed by atoms with Crippen molar-refractivity contribution in [2.24, 2.45) is 5.92 Å². The highest BCUT2D eigenvalue weighted by Gasteiger charge is 2.37. The summed E-state index contributed by atoms with van der Waals surface area (Å²) in [6.45, 7) is 6.35. The summed E-state index contributed by atoms with van der Waals surface area (Å²) in [5.74, 6) is 1.52. The molecule has 5 nitrogen and oxygen atoms in total. The third-order valence-corrected chi connectivity index (χ3v) is 5.97. The lowest BCUT2D eigenvalue weighted by atomic mass is 9.94. The minimum Gasteiger partial charge on any atom is -0.494 e. The van der Waals surface area contributed by atoms with Crippen molar-refractivity contribution < 1.29 is 9.53 Å². The molecule has 1 aromatic carbocycles. The third kappa shape index (κ3) is 3.76. The first-order valence-corrected chi connectivity index (χ1v) is 10.3. The summed E-state index contributed by atoms with van der Waals surface area (Å²) in [6, 6.07) is 7.85. The van der Waals surface area contributed by atoms with E-state index in [4.69, 9.17) is 4.74 Å². The maximum atomic E-state index is 13.1. The Morgan fingerprint density at radius 2 is 2.08 bits per heavy atom. The maximum absolute atomic E-state index is 13.1. The van der Waals surface area contributed by atoms with Gasteiger partial charge < -0.3 is 9.64 Å². The van der Waals surface area contributed by atoms with E-state index in [1.165, 1.54) is 6.42 Å². The molecule has 3 saturated heterocycles. The molecule has 0 spiro atoms. The molecule has 0 N–H and O–H groups in total. The van der Waals surface area contributed by atoms with Crippen LogP contribution in [0.15, 0.2) is 35.2 Å². The van der Waals surface area contributed by atoms with Crippen LogP contribution in [0.4, 0.5) is 0 Å². The number of thiazole rings is 1. The summed E-state index contributed by atoms with van der Waals surface area (Å²) in [6.07, 6.45) is 2.31. The van der Waals surface area contributed by atoms with Gasteiger partial charge in [-0.15, -0.1) is 11.3 Å². The van der Waals surface area contributed by atoms with Crippen molar-refractivity contribution in [3.8, 4) is 5.75 Å². The molecule has 138 valence electrons. The molecule has 0 radical (unpaired) electrons. The highest BCUT2D eigenvalue weighted by Crippen LogP contribution is 2.30. The summed E-state index contributed by atoms with van der Waals surface area (Å²) in [7, 11) is 0. The number of ether oxygens (including phenoxy) is 1. The zero-order chi connectivity index (χ0) is 17.9. The van der Waals surface area contributed by atoms with Crippen LogP contribution in [0.1, 0.15) is 35.8 Å². The van der Waals surface area contributed by atoms with E-state index >= 15 is 0 Å². The average Bonchev–Trinajstić information content (AvgIpc) is 3.01. The molecule has 3 aliphatic rings. The van der Waals surface area contributed by atoms with Gasteiger partial charge in [-0.1, -0.05) is 0 Å². The number of hydrogen-bond acceptors (Lipinski definition) is 5. The van der Waals surface area contributed by atoms with Gasteiger partial charge in [0.1, 0.15) is 5.75 Å². The lowest BCUT2D eigenvalue weighted by molar-refractivity contribution is 0.0585. The minimum atomic E-state index is 0.151. The second-order valence-electron chi connectivity index (χ2n) is 7.19. The number of nitrogens with zero attached hydrogens (tertiary/aromatic N) is 3. The van der Waals surface area contributed by atoms with Crippen molar-refractivity contribution in [2.45, 2.75) is 32.4 Å². The second kappa shape index (κ2) is 7.76. The van der Waals surface area contributed by atoms with Gasteiger partial charge in [-0.2, -0.15) is 0 Å². The summed E-state index contributed by atoms with van der Waals surface area (Å²) < 4.78 is 5.48. The number of rotatable bonds is 5. The molecule has 0 unspecified atom stereocenters. The smallest absolute Gasteiger partial charge is 0.254 e. The normalized spacial score (nSPS) is 23.0. The lowest BCUT2D eigenvalue weighted by Gasteiger charge is -2.36. The van der Waals surface area contributed by atoms with E-state index in [9.17, 15) is 4.79 Å². The number of carbonyl (C=O) groups is 1. The van der Waals surface area contributed by atoms with Crippen molar-refractivity contribution in [3.63, 3.8) is 0 Å². The molecule has 6 heteroatoms. The number of aromatic nitrogens is 1. The van der Waals surface area contributed by atoms with E-state index in [1.807, 2.05) is 36.7 Å². The molecule has 4 heterocycles. The first-order valence-electron chi connectivity index (χ1n) is 9.36. The van der Waals surface area contributed by atoms with Crippen LogP contribution >= 0.6 is 11.3 Å². The molecule has 2 atom stereocenters. The molecular formula is C20H25N3O2S. The Bertz CT molecular complexity index is 732. The molecule has 2 aromatic rings. The van der Waals surface area contributed by atoms with Crippen LogP contribution in [0.25, 0.3) is 0 Å². The van der Waals surface area contributed by atoms with Gasteiger partial charge in [-0.3, -0.25) is 9.69 Å². The van der Waals surface area contributed by atoms with Gasteiger partial charge in [0.25, 0.3) is 5.91 Å². The maximum Gasteiger partial charge on any atom is 0.254 e. The monoisotopic (exact) mass is 371 g/mol. The van der Waals surface area contributed by atoms with E-state index in [1.54, 1.807) is 11.3 Å². The Kier molecular flexibility index (Phi) is 5.22. The Hall–Kier alpha value is -1.92. The molecule has 0 aliphatic carbocycles. The topological polar surface area (TPSA) is 45.7 Å². The standard InChI is InChI=1S/C20H25N3O2S/c1-2-25-19-7-4-16(5-8-19)20(24)23-10-15-3-6-18(23)12-22(9-15)11-17-13-26-14-21-17/h4-5,7-8,13-15,18H,2-3,6,9-12H2,1H3/t15-,18+/m0/s1. The van der Waals surface area contributed by atoms with Crippen LogP contribution in [-0.4, -0.2) is 53.0 Å². The van der Waals surface area contributed by atoms with Crippen molar-refractivity contribution in [3.05, 3.63) is 46.4 Å². The van der Waals surface area contributed by atoms with Gasteiger partial charge >= 0.3 is 0 Å². The summed E-state index contributed by atoms with van der Waals surface area (Å²) in [5, 5.41) is 2.12. The number of benzene rings is 1. The molecule has 2 bridgehead atoms. The zero-order valence-electron chi connectivity index (χ0n) is 15.1. The Balaban J connectivity index is 1.46. The van der Waals surface area contributed by atoms with Crippen LogP contribution in [0.2, 0.25) is 0 Å². The summed E-state index contributed by atoms with van der Waals surface area (Å²) in [4.78, 5) is 22.1. The first kappa shape index (κ1) is 17.5. The average molecular weight is 372 g/mol. The van der Waals surface area contributed by atoms with Gasteiger partial charge in [-0.25, -0.2) is 4.98 Å². The van der Waals surface area contributed by atoms with Crippen LogP contribution in [0.3, 0.4) is 0 Å². The second-order valence-corrected chi connectivity index (χ2v) is 7.90. The largest absolute Gasteiger partial charge is 0.494 e. The molecule has 5 rings (SSSR count). The van der Waals surface area contributed by atoms with Crippen molar-refractivity contribution in [2.75, 3.05) is 26.2 Å². The Morgan fingerprint density at radius 1 is 1.23 bits per heavy atom. The molecule has 26 heavy (non-hydrogen) atoms. The first-order chi connectivity index (χ1) is 12.7. The molecular weight excluding hydrogens is 346 g/mol. The van der Waals surface area contributed by atoms with Gasteiger partial charge in [0.2, 0.25) is 0 Å². The van der Waals surface area contributed by atoms with Crippen LogP contribution in [0, 0.1) is 5.92 Å². The van der Waals surface area contributed by atoms with E-state index < -0.39 is 0 Å². The Morgan fingerprint density at radius 3 is 2.81 bits per heavy atom. The molecule has 3 fully saturated rings. The quantitative estimate of drug-likeness (QED) is 0.809. The van der Waals surface area contributed by atoms with Crippen molar-refractivity contribution >= 4 is 17.2 Å². The van der Waals surface area contributed by atoms with E-state index in [2.05, 4.69) is 20.2 Å². The minimum absolute atomic E-state index is 0.151. The SMILES string of the molecule is CCOc1ccc(C(=O)N2C[C@H]3CC[C@@H]2CN(Cc2cscn2)C3)cc1. The van der Waals surface area contributed by atoms with Gasteiger partial charge in [-0.05, 0) is 49.9 Å². The van der Waals surface area contributed by atoms with Crippen LogP contribution in [-0.2, 0) is 6.54 Å². The fourth-order valence-electron chi connectivity index (χ4n) is 4.13. The summed E-state index contributed by atoms with van der Waals surface area (Å²) >= 11 is 1.65. The van der Waals surface area contributed by atoms with E-state index in [0.717, 1.165) is 49.6 Å². The molecule has 0 saturated carbocycles. The highest BCUT2D eigenvalue weighted by molar-refractivity contribution is 7.07. The van der Waals surface area contributed by atoms with E-state index in [0.29, 0.717) is 18.6 Å². The summed E-state index contributed by atoms with van der Waals surface area (Å²) in [5.41, 5.74) is 3.79. The van der Waals surface area contributed by atoms with Gasteiger partial charge in [0.05, 0.1) is 17.8 Å². The third-order valence-electron chi connectivity index (χ3n) is 5.33. The molecule has 3 aliphatic heterocycles. The van der Waals surface area contributed by atoms with Crippen molar-refractivity contribution in [1.82, 2.24) is 14.8 Å². The Labute approximate surface area is 158 Å². The molecule has 1 amide bonds. The number of amides is 1. The predicted octanol–water partition coefficient (Wildman–Crippen LogP) is 3.28. The van der Waals surface area contributed by atoms with Gasteiger partial charge in [0.15, 0.2) is 0 Å². The number of hydrogen-bond donors (Lipinski definition) is 0. The number of carbonyl (C=O) groups excluding carboxylic acids is 1. The lowest BCUT2D eigenvalue weighted by Crippen LogP contribution is -2.47.